The second-order valence-corrected chi connectivity index (χ2v) is 4.46. The summed E-state index contributed by atoms with van der Waals surface area (Å²) in [7, 11) is 0. The van der Waals surface area contributed by atoms with E-state index in [1.165, 1.54) is 6.07 Å². The Hall–Kier alpha value is -2.02. The second kappa shape index (κ2) is 5.75. The van der Waals surface area contributed by atoms with E-state index in [1.807, 2.05) is 0 Å². The van der Waals surface area contributed by atoms with Crippen LogP contribution in [-0.2, 0) is 4.79 Å². The molecule has 2 N–H and O–H groups in total. The molecular formula is C12H14FN3O3. The fourth-order valence-corrected chi connectivity index (χ4v) is 2.05. The van der Waals surface area contributed by atoms with Gasteiger partial charge in [-0.25, -0.2) is 0 Å². The van der Waals surface area contributed by atoms with Crippen LogP contribution in [0.5, 0.6) is 0 Å². The molecule has 19 heavy (non-hydrogen) atoms. The molecule has 0 aliphatic carbocycles. The van der Waals surface area contributed by atoms with Crippen molar-refractivity contribution in [1.29, 1.82) is 0 Å². The molecule has 0 radical (unpaired) electrons. The SMILES string of the molecule is O=C(Nc1ccc([N+](=O)[O-])c(F)c1)[C@H]1CCCNC1. The predicted octanol–water partition coefficient (Wildman–Crippen LogP) is 1.67. The Morgan fingerprint density at radius 3 is 2.89 bits per heavy atom. The number of hydrogen-bond donors (Lipinski definition) is 2. The number of carbonyl (C=O) groups excluding carboxylic acids is 1. The van der Waals surface area contributed by atoms with Gasteiger partial charge in [-0.1, -0.05) is 0 Å². The van der Waals surface area contributed by atoms with Crippen LogP contribution in [0.15, 0.2) is 18.2 Å². The number of nitrogens with one attached hydrogen (secondary N) is 2. The molecule has 0 spiro atoms. The molecule has 2 rings (SSSR count). The van der Waals surface area contributed by atoms with Gasteiger partial charge in [0.2, 0.25) is 11.7 Å². The Bertz CT molecular complexity index is 501. The number of carbonyl (C=O) groups is 1. The van der Waals surface area contributed by atoms with E-state index in [4.69, 9.17) is 0 Å². The lowest BCUT2D eigenvalue weighted by molar-refractivity contribution is -0.387. The van der Waals surface area contributed by atoms with Crippen molar-refractivity contribution in [3.63, 3.8) is 0 Å². The van der Waals surface area contributed by atoms with Crippen LogP contribution in [0, 0.1) is 21.8 Å². The van der Waals surface area contributed by atoms with Gasteiger partial charge in [0, 0.05) is 24.4 Å². The van der Waals surface area contributed by atoms with Gasteiger partial charge < -0.3 is 10.6 Å². The summed E-state index contributed by atoms with van der Waals surface area (Å²) in [4.78, 5) is 21.6. The standard InChI is InChI=1S/C12H14FN3O3/c13-10-6-9(3-4-11(10)16(18)19)15-12(17)8-2-1-5-14-7-8/h3-4,6,8,14H,1-2,5,7H2,(H,15,17)/t8-/m0/s1. The highest BCUT2D eigenvalue weighted by Gasteiger charge is 2.21. The maximum absolute atomic E-state index is 13.4. The van der Waals surface area contributed by atoms with Crippen molar-refractivity contribution in [1.82, 2.24) is 5.32 Å². The van der Waals surface area contributed by atoms with Crippen molar-refractivity contribution in [2.75, 3.05) is 18.4 Å². The van der Waals surface area contributed by atoms with Crippen molar-refractivity contribution < 1.29 is 14.1 Å². The highest BCUT2D eigenvalue weighted by molar-refractivity contribution is 5.92. The lowest BCUT2D eigenvalue weighted by atomic mass is 9.99. The molecule has 7 heteroatoms. The largest absolute Gasteiger partial charge is 0.326 e. The van der Waals surface area contributed by atoms with Gasteiger partial charge in [-0.3, -0.25) is 14.9 Å². The van der Waals surface area contributed by atoms with Gasteiger partial charge in [-0.2, -0.15) is 4.39 Å². The minimum absolute atomic E-state index is 0.146. The number of nitro benzene ring substituents is 1. The highest BCUT2D eigenvalue weighted by Crippen LogP contribution is 2.21. The first-order chi connectivity index (χ1) is 9.08. The van der Waals surface area contributed by atoms with Crippen LogP contribution < -0.4 is 10.6 Å². The molecule has 1 aromatic rings. The first-order valence-electron chi connectivity index (χ1n) is 6.03. The average Bonchev–Trinajstić information content (AvgIpc) is 2.39. The molecule has 1 aliphatic rings. The summed E-state index contributed by atoms with van der Waals surface area (Å²) in [5, 5.41) is 16.2. The number of nitro groups is 1. The van der Waals surface area contributed by atoms with Crippen LogP contribution in [0.1, 0.15) is 12.8 Å². The number of amides is 1. The molecule has 6 nitrogen and oxygen atoms in total. The third-order valence-electron chi connectivity index (χ3n) is 3.08. The molecule has 1 amide bonds. The van der Waals surface area contributed by atoms with Crippen LogP contribution in [0.4, 0.5) is 15.8 Å². The van der Waals surface area contributed by atoms with Gasteiger partial charge >= 0.3 is 5.69 Å². The van der Waals surface area contributed by atoms with Crippen molar-refractivity contribution in [3.05, 3.63) is 34.1 Å². The fourth-order valence-electron chi connectivity index (χ4n) is 2.05. The Morgan fingerprint density at radius 1 is 1.53 bits per heavy atom. The van der Waals surface area contributed by atoms with E-state index in [1.54, 1.807) is 0 Å². The van der Waals surface area contributed by atoms with Crippen LogP contribution >= 0.6 is 0 Å². The quantitative estimate of drug-likeness (QED) is 0.644. The number of hydrogen-bond acceptors (Lipinski definition) is 4. The van der Waals surface area contributed by atoms with Gasteiger partial charge in [0.25, 0.3) is 0 Å². The first kappa shape index (κ1) is 13.4. The van der Waals surface area contributed by atoms with Crippen molar-refractivity contribution >= 4 is 17.3 Å². The van der Waals surface area contributed by atoms with Crippen LogP contribution in [-0.4, -0.2) is 23.9 Å². The Balaban J connectivity index is 2.04. The molecule has 1 fully saturated rings. The van der Waals surface area contributed by atoms with Gasteiger partial charge in [-0.05, 0) is 25.5 Å². The summed E-state index contributed by atoms with van der Waals surface area (Å²) >= 11 is 0. The third-order valence-corrected chi connectivity index (χ3v) is 3.08. The molecule has 0 bridgehead atoms. The van der Waals surface area contributed by atoms with Gasteiger partial charge in [0.1, 0.15) is 0 Å². The van der Waals surface area contributed by atoms with Gasteiger partial charge in [0.05, 0.1) is 10.8 Å². The van der Waals surface area contributed by atoms with E-state index < -0.39 is 16.4 Å². The molecule has 0 unspecified atom stereocenters. The smallest absolute Gasteiger partial charge is 0.304 e. The molecule has 1 atom stereocenters. The Kier molecular flexibility index (Phi) is 4.06. The predicted molar refractivity (Wildman–Crippen MR) is 67.3 cm³/mol. The summed E-state index contributed by atoms with van der Waals surface area (Å²) in [6.45, 7) is 1.50. The van der Waals surface area contributed by atoms with E-state index in [9.17, 15) is 19.3 Å². The normalized spacial score (nSPS) is 18.9. The highest BCUT2D eigenvalue weighted by atomic mass is 19.1. The zero-order valence-electron chi connectivity index (χ0n) is 10.2. The maximum atomic E-state index is 13.4. The second-order valence-electron chi connectivity index (χ2n) is 4.46. The third kappa shape index (κ3) is 3.25. The number of rotatable bonds is 3. The summed E-state index contributed by atoms with van der Waals surface area (Å²) in [6.07, 6.45) is 1.71. The Labute approximate surface area is 109 Å². The Morgan fingerprint density at radius 2 is 2.32 bits per heavy atom. The zero-order valence-corrected chi connectivity index (χ0v) is 10.2. The van der Waals surface area contributed by atoms with E-state index >= 15 is 0 Å². The van der Waals surface area contributed by atoms with E-state index in [-0.39, 0.29) is 17.5 Å². The van der Waals surface area contributed by atoms with E-state index in [0.717, 1.165) is 31.5 Å². The molecule has 102 valence electrons. The monoisotopic (exact) mass is 267 g/mol. The number of halogens is 1. The summed E-state index contributed by atoms with van der Waals surface area (Å²) in [6, 6.07) is 3.34. The van der Waals surface area contributed by atoms with Gasteiger partial charge in [-0.15, -0.1) is 0 Å². The minimum atomic E-state index is -0.954. The lowest BCUT2D eigenvalue weighted by Crippen LogP contribution is -2.37. The molecule has 1 heterocycles. The number of piperidine rings is 1. The van der Waals surface area contributed by atoms with Crippen LogP contribution in [0.25, 0.3) is 0 Å². The van der Waals surface area contributed by atoms with E-state index in [2.05, 4.69) is 10.6 Å². The molecule has 1 aliphatic heterocycles. The molecule has 1 aromatic carbocycles. The summed E-state index contributed by atoms with van der Waals surface area (Å²) < 4.78 is 13.4. The lowest BCUT2D eigenvalue weighted by Gasteiger charge is -2.21. The molecular weight excluding hydrogens is 253 g/mol. The molecule has 0 saturated carbocycles. The van der Waals surface area contributed by atoms with Crippen molar-refractivity contribution in [2.24, 2.45) is 5.92 Å². The van der Waals surface area contributed by atoms with Gasteiger partial charge in [0.15, 0.2) is 0 Å². The van der Waals surface area contributed by atoms with Crippen molar-refractivity contribution in [2.45, 2.75) is 12.8 Å². The van der Waals surface area contributed by atoms with Crippen LogP contribution in [0.2, 0.25) is 0 Å². The van der Waals surface area contributed by atoms with E-state index in [0.29, 0.717) is 6.54 Å². The number of benzene rings is 1. The van der Waals surface area contributed by atoms with Crippen LogP contribution in [0.3, 0.4) is 0 Å². The topological polar surface area (TPSA) is 84.3 Å². The zero-order chi connectivity index (χ0) is 13.8. The summed E-state index contributed by atoms with van der Waals surface area (Å²) in [5.74, 6) is -1.29. The van der Waals surface area contributed by atoms with Crippen molar-refractivity contribution in [3.8, 4) is 0 Å². The fraction of sp³-hybridized carbons (Fsp3) is 0.417. The average molecular weight is 267 g/mol. The first-order valence-corrected chi connectivity index (χ1v) is 6.03. The molecule has 1 saturated heterocycles. The maximum Gasteiger partial charge on any atom is 0.304 e. The summed E-state index contributed by atoms with van der Waals surface area (Å²) in [5.41, 5.74) is -0.365. The molecule has 0 aromatic heterocycles. The minimum Gasteiger partial charge on any atom is -0.326 e. The number of nitrogens with zero attached hydrogens (tertiary/aromatic N) is 1. The number of anilines is 1.